The minimum absolute atomic E-state index is 0.276. The van der Waals surface area contributed by atoms with Gasteiger partial charge in [-0.1, -0.05) is 18.2 Å². The largest absolute Gasteiger partial charge is 0.497 e. The average Bonchev–Trinajstić information content (AvgIpc) is 2.57. The zero-order valence-corrected chi connectivity index (χ0v) is 12.2. The van der Waals surface area contributed by atoms with E-state index in [9.17, 15) is 9.59 Å². The number of carbonyl (C=O) groups excluding carboxylic acids is 2. The van der Waals surface area contributed by atoms with Crippen LogP contribution in [0.2, 0.25) is 0 Å². The average molecular weight is 298 g/mol. The number of rotatable bonds is 3. The molecule has 0 aliphatic carbocycles. The van der Waals surface area contributed by atoms with E-state index < -0.39 is 12.1 Å². The minimum atomic E-state index is -1.03. The van der Waals surface area contributed by atoms with E-state index in [4.69, 9.17) is 14.2 Å². The number of Topliss-reactive ketones (excluding diaryl/α,β-unsaturated/α-hetero) is 1. The molecule has 5 nitrogen and oxygen atoms in total. The van der Waals surface area contributed by atoms with Crippen molar-refractivity contribution in [1.82, 2.24) is 0 Å². The molecule has 22 heavy (non-hydrogen) atoms. The van der Waals surface area contributed by atoms with Crippen LogP contribution in [-0.2, 0) is 4.74 Å². The topological polar surface area (TPSA) is 61.8 Å². The van der Waals surface area contributed by atoms with Gasteiger partial charge in [-0.25, -0.2) is 4.79 Å². The number of ketones is 1. The SMILES string of the molecule is COc1ccc(OC)c(C2OC(=O)c3ccccc3C2=O)c1. The van der Waals surface area contributed by atoms with Crippen molar-refractivity contribution in [2.45, 2.75) is 6.10 Å². The van der Waals surface area contributed by atoms with E-state index in [1.54, 1.807) is 42.5 Å². The van der Waals surface area contributed by atoms with Gasteiger partial charge < -0.3 is 14.2 Å². The maximum absolute atomic E-state index is 12.7. The maximum atomic E-state index is 12.7. The number of carbonyl (C=O) groups is 2. The van der Waals surface area contributed by atoms with Crippen LogP contribution >= 0.6 is 0 Å². The van der Waals surface area contributed by atoms with Crippen LogP contribution in [0.3, 0.4) is 0 Å². The number of methoxy groups -OCH3 is 2. The molecule has 0 spiro atoms. The monoisotopic (exact) mass is 298 g/mol. The number of cyclic esters (lactones) is 1. The minimum Gasteiger partial charge on any atom is -0.497 e. The van der Waals surface area contributed by atoms with E-state index in [1.165, 1.54) is 14.2 Å². The van der Waals surface area contributed by atoms with Crippen molar-refractivity contribution in [1.29, 1.82) is 0 Å². The van der Waals surface area contributed by atoms with E-state index in [2.05, 4.69) is 0 Å². The van der Waals surface area contributed by atoms with Crippen molar-refractivity contribution in [3.63, 3.8) is 0 Å². The maximum Gasteiger partial charge on any atom is 0.339 e. The standard InChI is InChI=1S/C17H14O5/c1-20-10-7-8-14(21-2)13(9-10)16-15(18)11-5-3-4-6-12(11)17(19)22-16/h3-9,16H,1-2H3. The third-order valence-electron chi connectivity index (χ3n) is 3.59. The molecule has 0 aromatic heterocycles. The third kappa shape index (κ3) is 2.20. The second-order valence-electron chi connectivity index (χ2n) is 4.80. The lowest BCUT2D eigenvalue weighted by Gasteiger charge is -2.25. The highest BCUT2D eigenvalue weighted by Gasteiger charge is 2.36. The molecule has 0 saturated carbocycles. The zero-order chi connectivity index (χ0) is 15.7. The molecule has 2 aromatic rings. The van der Waals surface area contributed by atoms with Gasteiger partial charge in [0.25, 0.3) is 0 Å². The Morgan fingerprint density at radius 3 is 2.36 bits per heavy atom. The van der Waals surface area contributed by atoms with Gasteiger partial charge in [0.1, 0.15) is 11.5 Å². The number of fused-ring (bicyclic) bond motifs is 1. The van der Waals surface area contributed by atoms with E-state index in [1.807, 2.05) is 0 Å². The smallest absolute Gasteiger partial charge is 0.339 e. The molecule has 0 amide bonds. The molecule has 112 valence electrons. The predicted octanol–water partition coefficient (Wildman–Crippen LogP) is 2.80. The Balaban J connectivity index is 2.10. The summed E-state index contributed by atoms with van der Waals surface area (Å²) in [7, 11) is 3.02. The van der Waals surface area contributed by atoms with E-state index in [-0.39, 0.29) is 11.3 Å². The van der Waals surface area contributed by atoms with Gasteiger partial charge in [-0.3, -0.25) is 4.79 Å². The summed E-state index contributed by atoms with van der Waals surface area (Å²) in [4.78, 5) is 24.8. The molecule has 0 N–H and O–H groups in total. The summed E-state index contributed by atoms with van der Waals surface area (Å²) in [6.45, 7) is 0. The Morgan fingerprint density at radius 1 is 0.955 bits per heavy atom. The molecule has 0 bridgehead atoms. The van der Waals surface area contributed by atoms with Gasteiger partial charge in [0.2, 0.25) is 5.78 Å². The second kappa shape index (κ2) is 5.52. The van der Waals surface area contributed by atoms with Crippen molar-refractivity contribution < 1.29 is 23.8 Å². The first-order valence-electron chi connectivity index (χ1n) is 6.72. The molecular weight excluding hydrogens is 284 g/mol. The van der Waals surface area contributed by atoms with Crippen LogP contribution in [0.25, 0.3) is 0 Å². The fraction of sp³-hybridized carbons (Fsp3) is 0.176. The van der Waals surface area contributed by atoms with E-state index >= 15 is 0 Å². The van der Waals surface area contributed by atoms with Crippen LogP contribution in [0.5, 0.6) is 11.5 Å². The highest BCUT2D eigenvalue weighted by Crippen LogP contribution is 2.37. The summed E-state index contributed by atoms with van der Waals surface area (Å²) in [5.74, 6) is 0.219. The fourth-order valence-electron chi connectivity index (χ4n) is 2.49. The highest BCUT2D eigenvalue weighted by atomic mass is 16.6. The van der Waals surface area contributed by atoms with Gasteiger partial charge in [-0.15, -0.1) is 0 Å². The van der Waals surface area contributed by atoms with E-state index in [0.717, 1.165) is 0 Å². The Kier molecular flexibility index (Phi) is 3.55. The van der Waals surface area contributed by atoms with Crippen molar-refractivity contribution in [2.24, 2.45) is 0 Å². The van der Waals surface area contributed by atoms with Gasteiger partial charge in [-0.05, 0) is 24.3 Å². The van der Waals surface area contributed by atoms with Crippen LogP contribution < -0.4 is 9.47 Å². The van der Waals surface area contributed by atoms with Gasteiger partial charge >= 0.3 is 5.97 Å². The molecule has 1 atom stereocenters. The van der Waals surface area contributed by atoms with Crippen LogP contribution in [0, 0.1) is 0 Å². The van der Waals surface area contributed by atoms with Crippen LogP contribution in [0.4, 0.5) is 0 Å². The normalized spacial score (nSPS) is 16.7. The fourth-order valence-corrected chi connectivity index (χ4v) is 2.49. The summed E-state index contributed by atoms with van der Waals surface area (Å²) in [6, 6.07) is 11.6. The highest BCUT2D eigenvalue weighted by molar-refractivity contribution is 6.12. The molecule has 1 aliphatic heterocycles. The number of ether oxygens (including phenoxy) is 3. The van der Waals surface area contributed by atoms with Gasteiger partial charge in [-0.2, -0.15) is 0 Å². The van der Waals surface area contributed by atoms with Crippen molar-refractivity contribution in [3.8, 4) is 11.5 Å². The van der Waals surface area contributed by atoms with Gasteiger partial charge in [0.05, 0.1) is 19.8 Å². The van der Waals surface area contributed by atoms with Gasteiger partial charge in [0, 0.05) is 11.1 Å². The summed E-state index contributed by atoms with van der Waals surface area (Å²) < 4.78 is 15.8. The molecule has 0 saturated heterocycles. The Labute approximate surface area is 127 Å². The van der Waals surface area contributed by atoms with Crippen LogP contribution in [-0.4, -0.2) is 26.0 Å². The molecule has 0 fully saturated rings. The summed E-state index contributed by atoms with van der Waals surface area (Å²) in [6.07, 6.45) is -1.03. The Bertz CT molecular complexity index is 750. The number of benzene rings is 2. The van der Waals surface area contributed by atoms with Crippen molar-refractivity contribution in [3.05, 3.63) is 59.2 Å². The molecule has 2 aromatic carbocycles. The molecular formula is C17H14O5. The third-order valence-corrected chi connectivity index (χ3v) is 3.59. The summed E-state index contributed by atoms with van der Waals surface area (Å²) in [5, 5.41) is 0. The summed E-state index contributed by atoms with van der Waals surface area (Å²) in [5.41, 5.74) is 1.11. The lowest BCUT2D eigenvalue weighted by Crippen LogP contribution is -2.28. The molecule has 1 heterocycles. The van der Waals surface area contributed by atoms with Gasteiger partial charge in [0.15, 0.2) is 6.10 Å². The van der Waals surface area contributed by atoms with Crippen molar-refractivity contribution >= 4 is 11.8 Å². The lowest BCUT2D eigenvalue weighted by molar-refractivity contribution is 0.0237. The number of esters is 1. The predicted molar refractivity (Wildman–Crippen MR) is 78.5 cm³/mol. The molecule has 1 aliphatic rings. The first-order chi connectivity index (χ1) is 10.7. The lowest BCUT2D eigenvalue weighted by atomic mass is 9.93. The Morgan fingerprint density at radius 2 is 1.68 bits per heavy atom. The van der Waals surface area contributed by atoms with Crippen molar-refractivity contribution in [2.75, 3.05) is 14.2 Å². The van der Waals surface area contributed by atoms with Crippen LogP contribution in [0.15, 0.2) is 42.5 Å². The number of hydrogen-bond donors (Lipinski definition) is 0. The molecule has 5 heteroatoms. The van der Waals surface area contributed by atoms with Crippen LogP contribution in [0.1, 0.15) is 32.4 Å². The number of hydrogen-bond acceptors (Lipinski definition) is 5. The quantitative estimate of drug-likeness (QED) is 0.815. The molecule has 1 unspecified atom stereocenters. The second-order valence-corrected chi connectivity index (χ2v) is 4.80. The zero-order valence-electron chi connectivity index (χ0n) is 12.2. The first-order valence-corrected chi connectivity index (χ1v) is 6.72. The molecule has 3 rings (SSSR count). The first kappa shape index (κ1) is 14.1. The molecule has 0 radical (unpaired) electrons. The van der Waals surface area contributed by atoms with E-state index in [0.29, 0.717) is 22.6 Å². The Hall–Kier alpha value is -2.82. The summed E-state index contributed by atoms with van der Waals surface area (Å²) >= 11 is 0.